The van der Waals surface area contributed by atoms with Crippen LogP contribution in [0.25, 0.3) is 0 Å². The SMILES string of the molecule is CNCCNC[C@@H]1C[C@H]2C=C3[C@@]45[C@H](CCC[C@]46CC[C@H]4C(C)(C)[C@@H](O[C@@H]7O[C@H](C(=O)O)[C@@H](O)[C@H](O)[C@H]7O)C[C@@H]1[C@]4(C)[C@@]26C=C[C@H]5CC=O)C[C@@]1(C(=O)O)[C@@H](COC)C[C@]2(C)CC=C[C@]31[C@H]2O. The first kappa shape index (κ1) is 47.2. The Kier molecular flexibility index (Phi) is 11.2. The molecule has 14 heteroatoms. The fourth-order valence-corrected chi connectivity index (χ4v) is 20.0. The van der Waals surface area contributed by atoms with Gasteiger partial charge in [0.15, 0.2) is 12.4 Å². The second kappa shape index (κ2) is 15.7. The van der Waals surface area contributed by atoms with Crippen molar-refractivity contribution < 1.29 is 59.2 Å². The molecule has 6 saturated carbocycles. The second-order valence-corrected chi connectivity index (χ2v) is 24.0. The molecule has 1 aliphatic heterocycles. The first-order valence-electron chi connectivity index (χ1n) is 25.2. The third-order valence-corrected chi connectivity index (χ3v) is 21.9. The molecule has 4 bridgehead atoms. The van der Waals surface area contributed by atoms with Crippen LogP contribution >= 0.6 is 0 Å². The molecule has 10 aliphatic rings. The average molecular weight is 921 g/mol. The Bertz CT molecular complexity index is 2080. The van der Waals surface area contributed by atoms with Gasteiger partial charge in [-0.3, -0.25) is 4.79 Å². The van der Waals surface area contributed by atoms with Gasteiger partial charge in [-0.05, 0) is 129 Å². The molecule has 0 amide bonds. The summed E-state index contributed by atoms with van der Waals surface area (Å²) in [5.74, 6) is -2.69. The van der Waals surface area contributed by atoms with Crippen LogP contribution < -0.4 is 10.6 Å². The summed E-state index contributed by atoms with van der Waals surface area (Å²) in [6.07, 6.45) is 10.5. The van der Waals surface area contributed by atoms with E-state index in [-0.39, 0.29) is 58.9 Å². The zero-order chi connectivity index (χ0) is 47.2. The molecule has 366 valence electrons. The molecular weight excluding hydrogens is 845 g/mol. The summed E-state index contributed by atoms with van der Waals surface area (Å²) in [6, 6.07) is 0. The Hall–Kier alpha value is -2.53. The van der Waals surface area contributed by atoms with Crippen molar-refractivity contribution in [3.05, 3.63) is 36.0 Å². The van der Waals surface area contributed by atoms with Crippen molar-refractivity contribution in [3.63, 3.8) is 0 Å². The van der Waals surface area contributed by atoms with Crippen molar-refractivity contribution in [3.8, 4) is 0 Å². The lowest BCUT2D eigenvalue weighted by Crippen LogP contribution is -2.83. The minimum atomic E-state index is -1.83. The smallest absolute Gasteiger partial charge is 0.335 e. The number of hydrogen-bond donors (Lipinski definition) is 8. The van der Waals surface area contributed by atoms with E-state index in [4.69, 9.17) is 14.2 Å². The Balaban J connectivity index is 1.20. The maximum atomic E-state index is 14.7. The Labute approximate surface area is 389 Å². The van der Waals surface area contributed by atoms with Crippen LogP contribution in [0.3, 0.4) is 0 Å². The van der Waals surface area contributed by atoms with E-state index >= 15 is 0 Å². The van der Waals surface area contributed by atoms with E-state index in [1.54, 1.807) is 7.11 Å². The topological polar surface area (TPSA) is 224 Å². The number of carbonyl (C=O) groups excluding carboxylic acids is 1. The maximum Gasteiger partial charge on any atom is 0.335 e. The van der Waals surface area contributed by atoms with Gasteiger partial charge >= 0.3 is 11.9 Å². The van der Waals surface area contributed by atoms with Gasteiger partial charge in [-0.1, -0.05) is 70.1 Å². The first-order valence-corrected chi connectivity index (χ1v) is 25.2. The molecule has 21 atom stereocenters. The van der Waals surface area contributed by atoms with Crippen LogP contribution in [0.4, 0.5) is 0 Å². The van der Waals surface area contributed by atoms with Crippen LogP contribution in [0.1, 0.15) is 98.3 Å². The van der Waals surface area contributed by atoms with Crippen LogP contribution in [-0.4, -0.2) is 132 Å². The molecule has 4 spiro atoms. The third kappa shape index (κ3) is 5.38. The largest absolute Gasteiger partial charge is 0.481 e. The number of aliphatic hydroxyl groups excluding tert-OH is 4. The minimum absolute atomic E-state index is 0.0201. The molecule has 1 heterocycles. The van der Waals surface area contributed by atoms with E-state index in [9.17, 15) is 45.0 Å². The van der Waals surface area contributed by atoms with E-state index in [0.717, 1.165) is 63.5 Å². The normalized spacial score (nSPS) is 53.4. The molecule has 66 heavy (non-hydrogen) atoms. The molecule has 0 aromatic heterocycles. The number of nitrogens with one attached hydrogen (secondary N) is 2. The predicted molar refractivity (Wildman–Crippen MR) is 241 cm³/mol. The Morgan fingerprint density at radius 2 is 1.74 bits per heavy atom. The van der Waals surface area contributed by atoms with Gasteiger partial charge in [-0.2, -0.15) is 0 Å². The standard InChI is InChI=1S/C52H76N2O12/c1-45(2)34-11-16-48-14-7-9-30-25-50(44(62)63)32(27-64-6)24-46(3)13-8-15-49(50,43(46)61)35-22-31-21-28(26-54-19-18-53-5)33(47(34,4)51(31,48)17-10-29(12-20-55)52(30,35)48)23-36(45)65-42-39(58)37(56)38(57)40(66-42)41(59)60/h8,10,15,17,20,22,28-34,36-40,42-43,53-54,56-58,61H,7,9,11-14,16,18-19,21,23-27H2,1-6H3,(H,59,60)(H,62,63)/t28-,29-,30+,31-,32+,33-,34-,36-,37-,38-,39+,40-,42+,43-,46-,47-,48+,49+,50-,51+,52+/m0/s1. The summed E-state index contributed by atoms with van der Waals surface area (Å²) in [6.45, 7) is 11.7. The van der Waals surface area contributed by atoms with E-state index in [2.05, 4.69) is 68.7 Å². The summed E-state index contributed by atoms with van der Waals surface area (Å²) < 4.78 is 18.6. The highest BCUT2D eigenvalue weighted by Gasteiger charge is 2.88. The second-order valence-electron chi connectivity index (χ2n) is 24.0. The number of ether oxygens (including phenoxy) is 3. The molecule has 0 unspecified atom stereocenters. The molecular formula is C52H76N2O12. The van der Waals surface area contributed by atoms with E-state index in [1.807, 2.05) is 7.05 Å². The molecule has 10 rings (SSSR count). The number of fused-ring (bicyclic) bond motifs is 1. The molecule has 1 saturated heterocycles. The number of carboxylic acid groups (broad SMARTS) is 2. The van der Waals surface area contributed by atoms with Crippen LogP contribution in [0.2, 0.25) is 0 Å². The van der Waals surface area contributed by atoms with Crippen LogP contribution in [0.5, 0.6) is 0 Å². The van der Waals surface area contributed by atoms with Gasteiger partial charge in [0.1, 0.15) is 24.6 Å². The van der Waals surface area contributed by atoms with Crippen molar-refractivity contribution in [2.45, 2.75) is 141 Å². The Morgan fingerprint density at radius 3 is 2.44 bits per heavy atom. The minimum Gasteiger partial charge on any atom is -0.481 e. The lowest BCUT2D eigenvalue weighted by atomic mass is 9.17. The summed E-state index contributed by atoms with van der Waals surface area (Å²) in [5.41, 5.74) is -4.35. The summed E-state index contributed by atoms with van der Waals surface area (Å²) in [7, 11) is 3.60. The lowest BCUT2D eigenvalue weighted by Gasteiger charge is -2.86. The fourth-order valence-electron chi connectivity index (χ4n) is 20.0. The number of carboxylic acids is 2. The molecule has 14 nitrogen and oxygen atoms in total. The van der Waals surface area contributed by atoms with Crippen molar-refractivity contribution in [1.29, 1.82) is 0 Å². The molecule has 0 aromatic carbocycles. The van der Waals surface area contributed by atoms with Gasteiger partial charge in [-0.15, -0.1) is 0 Å². The molecule has 8 N–H and O–H groups in total. The molecule has 0 radical (unpaired) electrons. The van der Waals surface area contributed by atoms with E-state index in [0.29, 0.717) is 38.6 Å². The van der Waals surface area contributed by atoms with Gasteiger partial charge in [0.2, 0.25) is 0 Å². The molecule has 0 aromatic rings. The van der Waals surface area contributed by atoms with Gasteiger partial charge in [0.25, 0.3) is 0 Å². The maximum absolute atomic E-state index is 14.7. The van der Waals surface area contributed by atoms with Crippen LogP contribution in [0, 0.1) is 84.7 Å². The highest BCUT2D eigenvalue weighted by atomic mass is 16.7. The number of aldehydes is 1. The van der Waals surface area contributed by atoms with Crippen molar-refractivity contribution in [2.24, 2.45) is 84.7 Å². The number of aliphatic hydroxyl groups is 4. The van der Waals surface area contributed by atoms with E-state index in [1.165, 1.54) is 0 Å². The Morgan fingerprint density at radius 1 is 0.970 bits per heavy atom. The average Bonchev–Trinajstić information content (AvgIpc) is 3.26. The monoisotopic (exact) mass is 921 g/mol. The van der Waals surface area contributed by atoms with Gasteiger partial charge in [-0.25, -0.2) is 4.79 Å². The van der Waals surface area contributed by atoms with Crippen molar-refractivity contribution in [2.75, 3.05) is 40.4 Å². The summed E-state index contributed by atoms with van der Waals surface area (Å²) in [4.78, 5) is 40.1. The van der Waals surface area contributed by atoms with Gasteiger partial charge in [0.05, 0.1) is 29.6 Å². The zero-order valence-corrected chi connectivity index (χ0v) is 39.8. The molecule has 9 aliphatic carbocycles. The number of likely N-dealkylation sites (N-methyl/N-ethyl adjacent to an activating group) is 1. The number of rotatable bonds is 13. The lowest BCUT2D eigenvalue weighted by molar-refractivity contribution is -0.359. The zero-order valence-electron chi connectivity index (χ0n) is 39.8. The summed E-state index contributed by atoms with van der Waals surface area (Å²) >= 11 is 0. The number of aliphatic carboxylic acids is 2. The highest BCUT2D eigenvalue weighted by Crippen LogP contribution is 2.91. The van der Waals surface area contributed by atoms with Crippen LogP contribution in [-0.2, 0) is 28.6 Å². The van der Waals surface area contributed by atoms with Gasteiger partial charge < -0.3 is 60.3 Å². The van der Waals surface area contributed by atoms with E-state index < -0.39 is 87.3 Å². The third-order valence-electron chi connectivity index (χ3n) is 21.9. The fraction of sp³-hybridized carbons (Fsp3) is 0.827. The predicted octanol–water partition coefficient (Wildman–Crippen LogP) is 4.10. The summed E-state index contributed by atoms with van der Waals surface area (Å²) in [5, 5.41) is 75.2. The van der Waals surface area contributed by atoms with Crippen molar-refractivity contribution in [1.82, 2.24) is 10.6 Å². The first-order chi connectivity index (χ1) is 31.3. The quantitative estimate of drug-likeness (QED) is 0.0564. The number of carbonyl (C=O) groups is 3. The number of methoxy groups -OCH3 is 1. The van der Waals surface area contributed by atoms with Crippen LogP contribution in [0.15, 0.2) is 36.0 Å². The van der Waals surface area contributed by atoms with Crippen molar-refractivity contribution >= 4 is 18.2 Å². The van der Waals surface area contributed by atoms with Gasteiger partial charge in [0, 0.05) is 43.4 Å². The number of allylic oxidation sites excluding steroid dienone is 4. The molecule has 7 fully saturated rings. The highest BCUT2D eigenvalue weighted by molar-refractivity contribution is 5.80. The number of hydrogen-bond acceptors (Lipinski definition) is 12.